The molecule has 1 aromatic carbocycles. The summed E-state index contributed by atoms with van der Waals surface area (Å²) in [6.45, 7) is 4.54. The third-order valence-electron chi connectivity index (χ3n) is 3.86. The Bertz CT molecular complexity index is 525. The summed E-state index contributed by atoms with van der Waals surface area (Å²) in [7, 11) is 0. The van der Waals surface area contributed by atoms with Gasteiger partial charge in [0.15, 0.2) is 0 Å². The number of hydrogen-bond acceptors (Lipinski definition) is 6. The molecule has 1 aromatic rings. The fourth-order valence-electron chi connectivity index (χ4n) is 2.57. The molecule has 1 aliphatic heterocycles. The molecule has 1 fully saturated rings. The predicted octanol–water partition coefficient (Wildman–Crippen LogP) is -0.730. The molecule has 7 heteroatoms. The number of nitrogens with zero attached hydrogens (tertiary/aromatic N) is 2. The molecule has 1 heterocycles. The summed E-state index contributed by atoms with van der Waals surface area (Å²) in [5, 5.41) is 21.9. The molecule has 1 amide bonds. The molecule has 0 atom stereocenters. The highest BCUT2D eigenvalue weighted by Gasteiger charge is 2.16. The summed E-state index contributed by atoms with van der Waals surface area (Å²) < 4.78 is 0. The van der Waals surface area contributed by atoms with Gasteiger partial charge in [0.05, 0.1) is 6.61 Å². The number of aliphatic carboxylic acids is 1. The summed E-state index contributed by atoms with van der Waals surface area (Å²) in [4.78, 5) is 26.4. The number of amides is 1. The normalized spacial score (nSPS) is 15.4. The molecule has 2 N–H and O–H groups in total. The minimum Gasteiger partial charge on any atom is -0.550 e. The lowest BCUT2D eigenvalue weighted by Crippen LogP contribution is -2.47. The molecule has 0 saturated carbocycles. The number of carbonyl (C=O) groups excluding carboxylic acids is 2. The molecule has 7 nitrogen and oxygen atoms in total. The Morgan fingerprint density at radius 1 is 1.09 bits per heavy atom. The summed E-state index contributed by atoms with van der Waals surface area (Å²) in [5.74, 6) is -1.56. The Morgan fingerprint density at radius 2 is 1.74 bits per heavy atom. The Morgan fingerprint density at radius 3 is 2.30 bits per heavy atom. The third-order valence-corrected chi connectivity index (χ3v) is 3.86. The van der Waals surface area contributed by atoms with E-state index in [0.717, 1.165) is 31.9 Å². The van der Waals surface area contributed by atoms with Gasteiger partial charge in [0.25, 0.3) is 0 Å². The van der Waals surface area contributed by atoms with Crippen LogP contribution in [0.15, 0.2) is 24.3 Å². The fraction of sp³-hybridized carbons (Fsp3) is 0.500. The molecule has 0 radical (unpaired) electrons. The molecular weight excluding hydrogens is 298 g/mol. The number of carbonyl (C=O) groups is 2. The number of piperazine rings is 1. The van der Waals surface area contributed by atoms with Gasteiger partial charge in [0.1, 0.15) is 0 Å². The van der Waals surface area contributed by atoms with E-state index in [-0.39, 0.29) is 25.4 Å². The van der Waals surface area contributed by atoms with E-state index in [0.29, 0.717) is 12.2 Å². The molecule has 0 bridgehead atoms. The van der Waals surface area contributed by atoms with E-state index in [1.807, 2.05) is 24.3 Å². The second kappa shape index (κ2) is 8.50. The summed E-state index contributed by atoms with van der Waals surface area (Å²) in [6.07, 6.45) is -0.362. The van der Waals surface area contributed by atoms with Crippen molar-refractivity contribution in [3.8, 4) is 0 Å². The first-order chi connectivity index (χ1) is 11.1. The zero-order valence-corrected chi connectivity index (χ0v) is 13.0. The van der Waals surface area contributed by atoms with Gasteiger partial charge in [0, 0.05) is 56.5 Å². The second-order valence-corrected chi connectivity index (χ2v) is 5.52. The van der Waals surface area contributed by atoms with Crippen molar-refractivity contribution in [1.29, 1.82) is 0 Å². The largest absolute Gasteiger partial charge is 0.550 e. The molecular formula is C16H22N3O4-. The molecule has 1 saturated heterocycles. The van der Waals surface area contributed by atoms with Crippen LogP contribution in [0.4, 0.5) is 11.4 Å². The zero-order chi connectivity index (χ0) is 16.7. The maximum atomic E-state index is 11.6. The number of aliphatic hydroxyl groups is 1. The van der Waals surface area contributed by atoms with Crippen molar-refractivity contribution in [3.05, 3.63) is 24.3 Å². The fourth-order valence-corrected chi connectivity index (χ4v) is 2.57. The molecule has 126 valence electrons. The highest BCUT2D eigenvalue weighted by molar-refractivity contribution is 5.92. The Balaban J connectivity index is 1.83. The van der Waals surface area contributed by atoms with E-state index in [1.165, 1.54) is 0 Å². The van der Waals surface area contributed by atoms with Gasteiger partial charge in [-0.1, -0.05) is 0 Å². The SMILES string of the molecule is O=C([O-])CCC(=O)Nc1ccc(N2CCN(CCO)CC2)cc1. The molecule has 1 aliphatic rings. The van der Waals surface area contributed by atoms with Gasteiger partial charge < -0.3 is 25.2 Å². The number of benzene rings is 1. The van der Waals surface area contributed by atoms with Crippen molar-refractivity contribution in [3.63, 3.8) is 0 Å². The lowest BCUT2D eigenvalue weighted by molar-refractivity contribution is -0.305. The lowest BCUT2D eigenvalue weighted by Gasteiger charge is -2.35. The van der Waals surface area contributed by atoms with Crippen LogP contribution in [0.1, 0.15) is 12.8 Å². The van der Waals surface area contributed by atoms with Gasteiger partial charge in [-0.05, 0) is 30.7 Å². The van der Waals surface area contributed by atoms with Crippen LogP contribution in [0, 0.1) is 0 Å². The van der Waals surface area contributed by atoms with Crippen molar-refractivity contribution >= 4 is 23.3 Å². The molecule has 0 aliphatic carbocycles. The molecule has 2 rings (SSSR count). The predicted molar refractivity (Wildman–Crippen MR) is 85.1 cm³/mol. The quantitative estimate of drug-likeness (QED) is 0.688. The van der Waals surface area contributed by atoms with Gasteiger partial charge in [-0.3, -0.25) is 9.69 Å². The number of nitrogens with one attached hydrogen (secondary N) is 1. The summed E-state index contributed by atoms with van der Waals surface area (Å²) in [5.41, 5.74) is 1.73. The highest BCUT2D eigenvalue weighted by atomic mass is 16.4. The Kier molecular flexibility index (Phi) is 6.37. The topological polar surface area (TPSA) is 95.9 Å². The standard InChI is InChI=1S/C16H23N3O4/c20-12-11-18-7-9-19(10-8-18)14-3-1-13(2-4-14)17-15(21)5-6-16(22)23/h1-4,20H,5-12H2,(H,17,21)(H,22,23)/p-1. The van der Waals surface area contributed by atoms with Crippen molar-refractivity contribution in [1.82, 2.24) is 4.90 Å². The molecule has 23 heavy (non-hydrogen) atoms. The zero-order valence-electron chi connectivity index (χ0n) is 13.0. The van der Waals surface area contributed by atoms with Crippen LogP contribution in [0.25, 0.3) is 0 Å². The number of anilines is 2. The number of carboxylic acids is 1. The second-order valence-electron chi connectivity index (χ2n) is 5.52. The molecule has 0 spiro atoms. The van der Waals surface area contributed by atoms with Crippen LogP contribution >= 0.6 is 0 Å². The van der Waals surface area contributed by atoms with Gasteiger partial charge in [0.2, 0.25) is 5.91 Å². The van der Waals surface area contributed by atoms with E-state index in [4.69, 9.17) is 5.11 Å². The third kappa shape index (κ3) is 5.54. The van der Waals surface area contributed by atoms with E-state index < -0.39 is 5.97 Å². The monoisotopic (exact) mass is 320 g/mol. The average molecular weight is 320 g/mol. The van der Waals surface area contributed by atoms with Crippen molar-refractivity contribution in [2.45, 2.75) is 12.8 Å². The summed E-state index contributed by atoms with van der Waals surface area (Å²) >= 11 is 0. The average Bonchev–Trinajstić information content (AvgIpc) is 2.55. The van der Waals surface area contributed by atoms with Crippen LogP contribution in [-0.2, 0) is 9.59 Å². The lowest BCUT2D eigenvalue weighted by atomic mass is 10.2. The Labute approximate surface area is 135 Å². The maximum absolute atomic E-state index is 11.6. The number of β-amino-alcohol motifs (C(OH)–C–C–N with tert-alkyl or cyclic N) is 1. The first-order valence-electron chi connectivity index (χ1n) is 7.76. The van der Waals surface area contributed by atoms with Gasteiger partial charge in [-0.15, -0.1) is 0 Å². The number of carboxylic acid groups (broad SMARTS) is 1. The molecule has 0 unspecified atom stereocenters. The van der Waals surface area contributed by atoms with E-state index >= 15 is 0 Å². The van der Waals surface area contributed by atoms with Gasteiger partial charge in [-0.25, -0.2) is 0 Å². The minimum absolute atomic E-state index is 0.0864. The maximum Gasteiger partial charge on any atom is 0.224 e. The first-order valence-corrected chi connectivity index (χ1v) is 7.76. The van der Waals surface area contributed by atoms with Gasteiger partial charge in [-0.2, -0.15) is 0 Å². The summed E-state index contributed by atoms with van der Waals surface area (Å²) in [6, 6.07) is 7.50. The minimum atomic E-state index is -1.23. The van der Waals surface area contributed by atoms with Crippen molar-refractivity contribution in [2.24, 2.45) is 0 Å². The van der Waals surface area contributed by atoms with E-state index in [9.17, 15) is 14.7 Å². The van der Waals surface area contributed by atoms with E-state index in [1.54, 1.807) is 0 Å². The van der Waals surface area contributed by atoms with Gasteiger partial charge >= 0.3 is 0 Å². The smallest absolute Gasteiger partial charge is 0.224 e. The first kappa shape index (κ1) is 17.2. The molecule has 0 aromatic heterocycles. The van der Waals surface area contributed by atoms with Crippen molar-refractivity contribution < 1.29 is 19.8 Å². The van der Waals surface area contributed by atoms with Crippen LogP contribution < -0.4 is 15.3 Å². The van der Waals surface area contributed by atoms with Crippen LogP contribution in [0.2, 0.25) is 0 Å². The van der Waals surface area contributed by atoms with Crippen LogP contribution in [0.3, 0.4) is 0 Å². The van der Waals surface area contributed by atoms with Crippen LogP contribution in [-0.4, -0.2) is 61.2 Å². The number of hydrogen-bond donors (Lipinski definition) is 2. The van der Waals surface area contributed by atoms with Crippen molar-refractivity contribution in [2.75, 3.05) is 49.5 Å². The van der Waals surface area contributed by atoms with Crippen LogP contribution in [0.5, 0.6) is 0 Å². The number of rotatable bonds is 7. The highest BCUT2D eigenvalue weighted by Crippen LogP contribution is 2.19. The number of aliphatic hydroxyl groups excluding tert-OH is 1. The van der Waals surface area contributed by atoms with E-state index in [2.05, 4.69) is 15.1 Å². The Hall–Kier alpha value is -2.12.